The molecule has 0 saturated carbocycles. The first kappa shape index (κ1) is 13.6. The number of thiophene rings is 1. The van der Waals surface area contributed by atoms with Crippen LogP contribution in [0.15, 0.2) is 11.4 Å². The molecule has 3 rings (SSSR count). The SMILES string of the molecule is c1cc2c(s1)CCCC2NCCN1CCCCCC1. The standard InChI is InChI=1S/C16H26N2S/c1-2-4-11-18(10-3-1)12-9-17-15-6-5-7-16-14(15)8-13-19-16/h8,13,15,17H,1-7,9-12H2. The summed E-state index contributed by atoms with van der Waals surface area (Å²) in [6.45, 7) is 5.02. The van der Waals surface area contributed by atoms with Crippen molar-refractivity contribution < 1.29 is 0 Å². The zero-order valence-corrected chi connectivity index (χ0v) is 12.7. The molecule has 1 saturated heterocycles. The zero-order chi connectivity index (χ0) is 12.9. The Morgan fingerprint density at radius 2 is 2.00 bits per heavy atom. The fourth-order valence-corrected chi connectivity index (χ4v) is 4.44. The highest BCUT2D eigenvalue weighted by molar-refractivity contribution is 7.10. The molecule has 2 heterocycles. The van der Waals surface area contributed by atoms with E-state index in [0.29, 0.717) is 6.04 Å². The molecule has 1 unspecified atom stereocenters. The number of aryl methyl sites for hydroxylation is 1. The summed E-state index contributed by atoms with van der Waals surface area (Å²) >= 11 is 1.94. The summed E-state index contributed by atoms with van der Waals surface area (Å²) in [6, 6.07) is 2.96. The molecule has 1 fully saturated rings. The van der Waals surface area contributed by atoms with Gasteiger partial charge in [-0.15, -0.1) is 11.3 Å². The fourth-order valence-electron chi connectivity index (χ4n) is 3.46. The van der Waals surface area contributed by atoms with Gasteiger partial charge in [0.2, 0.25) is 0 Å². The van der Waals surface area contributed by atoms with Crippen LogP contribution >= 0.6 is 11.3 Å². The van der Waals surface area contributed by atoms with Crippen LogP contribution in [0.1, 0.15) is 55.0 Å². The van der Waals surface area contributed by atoms with Gasteiger partial charge in [0.15, 0.2) is 0 Å². The van der Waals surface area contributed by atoms with Crippen LogP contribution < -0.4 is 5.32 Å². The Bertz CT molecular complexity index is 380. The number of fused-ring (bicyclic) bond motifs is 1. The zero-order valence-electron chi connectivity index (χ0n) is 11.9. The Morgan fingerprint density at radius 1 is 1.16 bits per heavy atom. The van der Waals surface area contributed by atoms with Crippen LogP contribution in [-0.4, -0.2) is 31.1 Å². The second-order valence-electron chi connectivity index (χ2n) is 5.95. The molecule has 106 valence electrons. The van der Waals surface area contributed by atoms with E-state index in [2.05, 4.69) is 21.7 Å². The number of nitrogens with zero attached hydrogens (tertiary/aromatic N) is 1. The van der Waals surface area contributed by atoms with Gasteiger partial charge in [0, 0.05) is 24.0 Å². The van der Waals surface area contributed by atoms with Gasteiger partial charge in [-0.25, -0.2) is 0 Å². The first-order chi connectivity index (χ1) is 9.43. The average molecular weight is 278 g/mol. The van der Waals surface area contributed by atoms with E-state index in [4.69, 9.17) is 0 Å². The average Bonchev–Trinajstić information content (AvgIpc) is 2.77. The van der Waals surface area contributed by atoms with E-state index in [1.165, 1.54) is 64.6 Å². The molecule has 1 aliphatic carbocycles. The van der Waals surface area contributed by atoms with Crippen LogP contribution in [0.5, 0.6) is 0 Å². The lowest BCUT2D eigenvalue weighted by atomic mass is 9.94. The maximum absolute atomic E-state index is 3.80. The Balaban J connectivity index is 1.45. The van der Waals surface area contributed by atoms with E-state index >= 15 is 0 Å². The van der Waals surface area contributed by atoms with Crippen molar-refractivity contribution in [1.29, 1.82) is 0 Å². The second kappa shape index (κ2) is 6.87. The van der Waals surface area contributed by atoms with Gasteiger partial charge < -0.3 is 10.2 Å². The van der Waals surface area contributed by atoms with E-state index in [1.807, 2.05) is 11.3 Å². The van der Waals surface area contributed by atoms with E-state index in [9.17, 15) is 0 Å². The molecule has 0 radical (unpaired) electrons. The van der Waals surface area contributed by atoms with E-state index in [0.717, 1.165) is 6.54 Å². The van der Waals surface area contributed by atoms with Gasteiger partial charge in [0.05, 0.1) is 0 Å². The van der Waals surface area contributed by atoms with E-state index in [1.54, 1.807) is 10.4 Å². The first-order valence-electron chi connectivity index (χ1n) is 7.95. The quantitative estimate of drug-likeness (QED) is 0.905. The van der Waals surface area contributed by atoms with E-state index in [-0.39, 0.29) is 0 Å². The topological polar surface area (TPSA) is 15.3 Å². The summed E-state index contributed by atoms with van der Waals surface area (Å²) in [4.78, 5) is 4.27. The molecule has 0 aromatic carbocycles. The molecular formula is C16H26N2S. The van der Waals surface area contributed by atoms with Crippen molar-refractivity contribution in [3.63, 3.8) is 0 Å². The Kier molecular flexibility index (Phi) is 4.91. The smallest absolute Gasteiger partial charge is 0.0331 e. The van der Waals surface area contributed by atoms with Gasteiger partial charge >= 0.3 is 0 Å². The molecule has 1 aromatic heterocycles. The number of rotatable bonds is 4. The third kappa shape index (κ3) is 3.59. The fraction of sp³-hybridized carbons (Fsp3) is 0.750. The maximum atomic E-state index is 3.80. The van der Waals surface area contributed by atoms with Crippen LogP contribution in [0.2, 0.25) is 0 Å². The van der Waals surface area contributed by atoms with E-state index < -0.39 is 0 Å². The van der Waals surface area contributed by atoms with Crippen molar-refractivity contribution in [2.24, 2.45) is 0 Å². The first-order valence-corrected chi connectivity index (χ1v) is 8.83. The molecule has 0 amide bonds. The third-order valence-electron chi connectivity index (χ3n) is 4.57. The Hall–Kier alpha value is -0.380. The maximum Gasteiger partial charge on any atom is 0.0331 e. The van der Waals surface area contributed by atoms with Gasteiger partial charge in [0.1, 0.15) is 0 Å². The number of hydrogen-bond acceptors (Lipinski definition) is 3. The molecule has 1 N–H and O–H groups in total. The molecule has 1 aliphatic heterocycles. The summed E-state index contributed by atoms with van der Waals surface area (Å²) < 4.78 is 0. The summed E-state index contributed by atoms with van der Waals surface area (Å²) in [7, 11) is 0. The van der Waals surface area contributed by atoms with Crippen LogP contribution in [0, 0.1) is 0 Å². The molecule has 2 nitrogen and oxygen atoms in total. The predicted octanol–water partition coefficient (Wildman–Crippen LogP) is 3.59. The van der Waals surface area contributed by atoms with Crippen molar-refractivity contribution in [2.75, 3.05) is 26.2 Å². The van der Waals surface area contributed by atoms with Crippen LogP contribution in [0.3, 0.4) is 0 Å². The molecule has 0 spiro atoms. The minimum absolute atomic E-state index is 0.627. The highest BCUT2D eigenvalue weighted by Crippen LogP contribution is 2.33. The van der Waals surface area contributed by atoms with Gasteiger partial charge in [-0.2, -0.15) is 0 Å². The minimum Gasteiger partial charge on any atom is -0.309 e. The van der Waals surface area contributed by atoms with Crippen LogP contribution in [0.4, 0.5) is 0 Å². The van der Waals surface area contributed by atoms with Crippen LogP contribution in [-0.2, 0) is 6.42 Å². The highest BCUT2D eigenvalue weighted by Gasteiger charge is 2.20. The highest BCUT2D eigenvalue weighted by atomic mass is 32.1. The van der Waals surface area contributed by atoms with Crippen molar-refractivity contribution in [3.05, 3.63) is 21.9 Å². The van der Waals surface area contributed by atoms with Crippen molar-refractivity contribution in [3.8, 4) is 0 Å². The van der Waals surface area contributed by atoms with Gasteiger partial charge in [-0.05, 0) is 62.2 Å². The largest absolute Gasteiger partial charge is 0.309 e. The molecule has 19 heavy (non-hydrogen) atoms. The predicted molar refractivity (Wildman–Crippen MR) is 82.9 cm³/mol. The molecule has 1 aromatic rings. The Morgan fingerprint density at radius 3 is 2.84 bits per heavy atom. The minimum atomic E-state index is 0.627. The monoisotopic (exact) mass is 278 g/mol. The lowest BCUT2D eigenvalue weighted by molar-refractivity contribution is 0.276. The lowest BCUT2D eigenvalue weighted by Crippen LogP contribution is -2.35. The summed E-state index contributed by atoms with van der Waals surface area (Å²) in [6.07, 6.45) is 9.65. The molecule has 3 heteroatoms. The molecule has 0 bridgehead atoms. The molecule has 2 aliphatic rings. The second-order valence-corrected chi connectivity index (χ2v) is 6.95. The van der Waals surface area contributed by atoms with Gasteiger partial charge in [0.25, 0.3) is 0 Å². The van der Waals surface area contributed by atoms with Crippen molar-refractivity contribution >= 4 is 11.3 Å². The third-order valence-corrected chi connectivity index (χ3v) is 5.57. The number of hydrogen-bond donors (Lipinski definition) is 1. The Labute approximate surface area is 121 Å². The normalized spacial score (nSPS) is 24.9. The lowest BCUT2D eigenvalue weighted by Gasteiger charge is -2.26. The van der Waals surface area contributed by atoms with Gasteiger partial charge in [-0.3, -0.25) is 0 Å². The molecule has 1 atom stereocenters. The summed E-state index contributed by atoms with van der Waals surface area (Å²) in [5.74, 6) is 0. The van der Waals surface area contributed by atoms with Crippen molar-refractivity contribution in [2.45, 2.75) is 51.0 Å². The van der Waals surface area contributed by atoms with Crippen molar-refractivity contribution in [1.82, 2.24) is 10.2 Å². The summed E-state index contributed by atoms with van der Waals surface area (Å²) in [5.41, 5.74) is 1.59. The summed E-state index contributed by atoms with van der Waals surface area (Å²) in [5, 5.41) is 6.06. The van der Waals surface area contributed by atoms with Crippen LogP contribution in [0.25, 0.3) is 0 Å². The number of likely N-dealkylation sites (tertiary alicyclic amines) is 1. The number of nitrogens with one attached hydrogen (secondary N) is 1. The molecular weight excluding hydrogens is 252 g/mol. The van der Waals surface area contributed by atoms with Gasteiger partial charge in [-0.1, -0.05) is 12.8 Å².